The number of primary amides is 1. The number of aliphatic hydroxyl groups is 1. The first kappa shape index (κ1) is 19.4. The highest BCUT2D eigenvalue weighted by Gasteiger charge is 2.39. The van der Waals surface area contributed by atoms with Gasteiger partial charge in [0.15, 0.2) is 5.01 Å². The van der Waals surface area contributed by atoms with Crippen molar-refractivity contribution in [1.82, 2.24) is 9.88 Å². The molecule has 0 radical (unpaired) electrons. The van der Waals surface area contributed by atoms with E-state index in [1.807, 2.05) is 13.0 Å². The van der Waals surface area contributed by atoms with Gasteiger partial charge in [-0.05, 0) is 31.0 Å². The third-order valence-electron chi connectivity index (χ3n) is 5.18. The molecule has 0 bridgehead atoms. The normalized spacial score (nSPS) is 23.2. The van der Waals surface area contributed by atoms with Crippen molar-refractivity contribution >= 4 is 23.2 Å². The largest absolute Gasteiger partial charge is 0.492 e. The monoisotopic (exact) mass is 411 g/mol. The zero-order valence-electron chi connectivity index (χ0n) is 16.2. The summed E-state index contributed by atoms with van der Waals surface area (Å²) in [5, 5.41) is 10.9. The third-order valence-corrected chi connectivity index (χ3v) is 6.48. The number of thiazole rings is 1. The Labute approximate surface area is 172 Å². The maximum Gasteiger partial charge on any atom is 0.277 e. The molecule has 7 nitrogen and oxygen atoms in total. The Hall–Kier alpha value is -2.89. The number of hydrogen-bond donors (Lipinski definition) is 2. The number of nitrogens with zero attached hydrogens (tertiary/aromatic N) is 2. The summed E-state index contributed by atoms with van der Waals surface area (Å²) in [6.07, 6.45) is 1.01. The fourth-order valence-electron chi connectivity index (χ4n) is 3.56. The predicted molar refractivity (Wildman–Crippen MR) is 109 cm³/mol. The number of piperidine rings is 1. The van der Waals surface area contributed by atoms with Crippen molar-refractivity contribution in [1.29, 1.82) is 0 Å². The SMILES string of the molecule is C[C@@H]1COc2ccc(C#C[C@]3(O)CCCN(C)C3=O)cc2-c2nc(C(N)=O)sc21. The van der Waals surface area contributed by atoms with Crippen LogP contribution < -0.4 is 10.5 Å². The highest BCUT2D eigenvalue weighted by atomic mass is 32.1. The molecule has 150 valence electrons. The molecule has 2 atom stereocenters. The van der Waals surface area contributed by atoms with Crippen LogP contribution in [0.5, 0.6) is 5.75 Å². The molecule has 0 unspecified atom stereocenters. The molecule has 4 rings (SSSR count). The van der Waals surface area contributed by atoms with Crippen LogP contribution in [0.2, 0.25) is 0 Å². The number of carbonyl (C=O) groups excluding carboxylic acids is 2. The molecule has 3 N–H and O–H groups in total. The molecular formula is C21H21N3O4S. The number of nitrogens with two attached hydrogens (primary N) is 1. The van der Waals surface area contributed by atoms with Crippen LogP contribution in [-0.2, 0) is 4.79 Å². The van der Waals surface area contributed by atoms with E-state index in [0.29, 0.717) is 43.0 Å². The number of ether oxygens (including phenoxy) is 1. The quantitative estimate of drug-likeness (QED) is 0.696. The van der Waals surface area contributed by atoms with Gasteiger partial charge in [-0.2, -0.15) is 0 Å². The average Bonchev–Trinajstić information content (AvgIpc) is 3.10. The molecule has 8 heteroatoms. The van der Waals surface area contributed by atoms with Crippen molar-refractivity contribution in [2.75, 3.05) is 20.2 Å². The molecule has 1 fully saturated rings. The molecule has 1 aromatic heterocycles. The van der Waals surface area contributed by atoms with E-state index >= 15 is 0 Å². The van der Waals surface area contributed by atoms with Gasteiger partial charge < -0.3 is 20.5 Å². The minimum Gasteiger partial charge on any atom is -0.492 e. The second-order valence-electron chi connectivity index (χ2n) is 7.46. The molecule has 1 saturated heterocycles. The lowest BCUT2D eigenvalue weighted by molar-refractivity contribution is -0.148. The number of rotatable bonds is 1. The number of fused-ring (bicyclic) bond motifs is 3. The minimum absolute atomic E-state index is 0.0636. The lowest BCUT2D eigenvalue weighted by Crippen LogP contribution is -2.51. The number of benzene rings is 1. The minimum atomic E-state index is -1.67. The van der Waals surface area contributed by atoms with Gasteiger partial charge in [-0.15, -0.1) is 11.3 Å². The van der Waals surface area contributed by atoms with Gasteiger partial charge in [0.1, 0.15) is 5.75 Å². The molecule has 2 amide bonds. The Bertz CT molecular complexity index is 1070. The number of amides is 2. The first-order chi connectivity index (χ1) is 13.8. The lowest BCUT2D eigenvalue weighted by atomic mass is 9.92. The van der Waals surface area contributed by atoms with E-state index in [0.717, 1.165) is 10.4 Å². The molecule has 2 aliphatic heterocycles. The number of likely N-dealkylation sites (tertiary alicyclic amines) is 1. The summed E-state index contributed by atoms with van der Waals surface area (Å²) in [6.45, 7) is 3.09. The van der Waals surface area contributed by atoms with Gasteiger partial charge in [-0.1, -0.05) is 18.8 Å². The fourth-order valence-corrected chi connectivity index (χ4v) is 4.53. The van der Waals surface area contributed by atoms with E-state index in [9.17, 15) is 14.7 Å². The first-order valence-electron chi connectivity index (χ1n) is 9.37. The van der Waals surface area contributed by atoms with Gasteiger partial charge in [-0.3, -0.25) is 9.59 Å². The number of carbonyl (C=O) groups is 2. The van der Waals surface area contributed by atoms with Crippen molar-refractivity contribution in [3.8, 4) is 28.8 Å². The molecule has 2 aromatic rings. The Morgan fingerprint density at radius 2 is 2.28 bits per heavy atom. The van der Waals surface area contributed by atoms with Gasteiger partial charge in [-0.25, -0.2) is 4.98 Å². The zero-order valence-corrected chi connectivity index (χ0v) is 17.0. The van der Waals surface area contributed by atoms with Crippen LogP contribution in [0.4, 0.5) is 0 Å². The summed E-state index contributed by atoms with van der Waals surface area (Å²) < 4.78 is 5.89. The van der Waals surface area contributed by atoms with Crippen molar-refractivity contribution in [2.24, 2.45) is 5.73 Å². The van der Waals surface area contributed by atoms with Crippen molar-refractivity contribution in [3.63, 3.8) is 0 Å². The second kappa shape index (κ2) is 7.17. The van der Waals surface area contributed by atoms with E-state index in [1.165, 1.54) is 16.2 Å². The van der Waals surface area contributed by atoms with Crippen LogP contribution in [0.25, 0.3) is 11.3 Å². The summed E-state index contributed by atoms with van der Waals surface area (Å²) in [7, 11) is 1.66. The topological polar surface area (TPSA) is 106 Å². The maximum atomic E-state index is 12.3. The molecule has 0 aliphatic carbocycles. The van der Waals surface area contributed by atoms with Crippen molar-refractivity contribution in [2.45, 2.75) is 31.3 Å². The Morgan fingerprint density at radius 1 is 1.48 bits per heavy atom. The zero-order chi connectivity index (χ0) is 20.8. The highest BCUT2D eigenvalue weighted by Crippen LogP contribution is 2.41. The second-order valence-corrected chi connectivity index (χ2v) is 8.49. The summed E-state index contributed by atoms with van der Waals surface area (Å²) in [5.74, 6) is 5.46. The molecule has 3 heterocycles. The Balaban J connectivity index is 1.75. The van der Waals surface area contributed by atoms with Crippen LogP contribution in [0.15, 0.2) is 18.2 Å². The molecule has 29 heavy (non-hydrogen) atoms. The fraction of sp³-hybridized carbons (Fsp3) is 0.381. The van der Waals surface area contributed by atoms with Crippen molar-refractivity contribution < 1.29 is 19.4 Å². The van der Waals surface area contributed by atoms with Crippen LogP contribution in [-0.4, -0.2) is 52.6 Å². The van der Waals surface area contributed by atoms with Crippen LogP contribution in [0.1, 0.15) is 45.9 Å². The summed E-state index contributed by atoms with van der Waals surface area (Å²) in [5.41, 5.74) is 5.76. The van der Waals surface area contributed by atoms with Gasteiger partial charge >= 0.3 is 0 Å². The predicted octanol–water partition coefficient (Wildman–Crippen LogP) is 1.74. The van der Waals surface area contributed by atoms with E-state index in [4.69, 9.17) is 10.5 Å². The van der Waals surface area contributed by atoms with Crippen LogP contribution in [0, 0.1) is 11.8 Å². The Morgan fingerprint density at radius 3 is 3.03 bits per heavy atom. The molecule has 1 aromatic carbocycles. The van der Waals surface area contributed by atoms with E-state index < -0.39 is 11.5 Å². The van der Waals surface area contributed by atoms with Crippen LogP contribution >= 0.6 is 11.3 Å². The summed E-state index contributed by atoms with van der Waals surface area (Å²) in [4.78, 5) is 30.8. The van der Waals surface area contributed by atoms with Crippen LogP contribution in [0.3, 0.4) is 0 Å². The maximum absolute atomic E-state index is 12.3. The summed E-state index contributed by atoms with van der Waals surface area (Å²) in [6, 6.07) is 5.39. The summed E-state index contributed by atoms with van der Waals surface area (Å²) >= 11 is 1.28. The number of hydrogen-bond acceptors (Lipinski definition) is 6. The van der Waals surface area contributed by atoms with E-state index in [-0.39, 0.29) is 16.8 Å². The number of likely N-dealkylation sites (N-methyl/N-ethyl adjacent to an activating group) is 1. The average molecular weight is 411 g/mol. The third kappa shape index (κ3) is 3.48. The molecule has 0 spiro atoms. The standard InChI is InChI=1S/C21H21N3O4S/c1-12-11-28-15-5-4-13(6-8-21(27)7-3-9-24(2)20(21)26)10-14(15)16-17(12)29-19(23-16)18(22)25/h4-5,10,12,27H,3,7,9,11H2,1-2H3,(H2,22,25)/t12-,21-/m1/s1. The van der Waals surface area contributed by atoms with E-state index in [2.05, 4.69) is 16.8 Å². The molecular weight excluding hydrogens is 390 g/mol. The van der Waals surface area contributed by atoms with Gasteiger partial charge in [0.05, 0.1) is 12.3 Å². The Kier molecular flexibility index (Phi) is 4.81. The first-order valence-corrected chi connectivity index (χ1v) is 10.2. The van der Waals surface area contributed by atoms with E-state index in [1.54, 1.807) is 19.2 Å². The number of aromatic nitrogens is 1. The molecule has 2 aliphatic rings. The highest BCUT2D eigenvalue weighted by molar-refractivity contribution is 7.14. The lowest BCUT2D eigenvalue weighted by Gasteiger charge is -2.32. The van der Waals surface area contributed by atoms with Gasteiger partial charge in [0.25, 0.3) is 11.8 Å². The smallest absolute Gasteiger partial charge is 0.277 e. The van der Waals surface area contributed by atoms with Gasteiger partial charge in [0, 0.05) is 35.5 Å². The van der Waals surface area contributed by atoms with Gasteiger partial charge in [0.2, 0.25) is 5.60 Å². The molecule has 0 saturated carbocycles. The van der Waals surface area contributed by atoms with Crippen molar-refractivity contribution in [3.05, 3.63) is 33.6 Å².